The van der Waals surface area contributed by atoms with Crippen LogP contribution in [-0.4, -0.2) is 54.3 Å². The van der Waals surface area contributed by atoms with Crippen LogP contribution in [0, 0.1) is 17.8 Å². The molecule has 0 saturated heterocycles. The van der Waals surface area contributed by atoms with Gasteiger partial charge in [-0.05, 0) is 40.5 Å². The lowest BCUT2D eigenvalue weighted by molar-refractivity contribution is -0.154. The van der Waals surface area contributed by atoms with Gasteiger partial charge >= 0.3 is 18.0 Å². The highest BCUT2D eigenvalue weighted by Gasteiger charge is 2.76. The van der Waals surface area contributed by atoms with Crippen LogP contribution in [0.5, 0.6) is 0 Å². The maximum atomic E-state index is 12.9. The van der Waals surface area contributed by atoms with E-state index >= 15 is 0 Å². The first-order valence-corrected chi connectivity index (χ1v) is 9.59. The number of hydrogen-bond acceptors (Lipinski definition) is 7. The fourth-order valence-corrected chi connectivity index (χ4v) is 4.19. The van der Waals surface area contributed by atoms with Gasteiger partial charge in [0.25, 0.3) is 0 Å². The second kappa shape index (κ2) is 7.97. The number of ether oxygens (including phenoxy) is 3. The molecule has 0 unspecified atom stereocenters. The van der Waals surface area contributed by atoms with E-state index in [4.69, 9.17) is 14.2 Å². The maximum absolute atomic E-state index is 12.9. The van der Waals surface area contributed by atoms with Crippen molar-refractivity contribution in [1.29, 1.82) is 0 Å². The van der Waals surface area contributed by atoms with E-state index in [1.165, 1.54) is 6.92 Å². The largest absolute Gasteiger partial charge is 0.466 e. The summed E-state index contributed by atoms with van der Waals surface area (Å²) in [4.78, 5) is 49.4. The van der Waals surface area contributed by atoms with Crippen LogP contribution >= 0.6 is 0 Å². The van der Waals surface area contributed by atoms with E-state index < -0.39 is 47.0 Å². The molecule has 0 aromatic rings. The van der Waals surface area contributed by atoms with Crippen molar-refractivity contribution in [2.24, 2.45) is 17.8 Å². The number of hydrogen-bond donors (Lipinski definition) is 2. The first-order chi connectivity index (χ1) is 13.0. The third-order valence-electron chi connectivity index (χ3n) is 4.96. The number of carbonyl (C=O) groups excluding carboxylic acids is 4. The number of fused-ring (bicyclic) bond motifs is 1. The van der Waals surface area contributed by atoms with Crippen molar-refractivity contribution in [2.75, 3.05) is 13.2 Å². The van der Waals surface area contributed by atoms with Crippen molar-refractivity contribution in [3.05, 3.63) is 0 Å². The average molecular weight is 398 g/mol. The second-order valence-electron chi connectivity index (χ2n) is 8.21. The predicted molar refractivity (Wildman–Crippen MR) is 98.1 cm³/mol. The SMILES string of the molecule is CCOC(=O)[C@H]1[C@H]2[C@@H]1[C@](NC(=O)OC(C)(C)C)(C(=O)OCC)C[C@H]2NC(C)=O. The van der Waals surface area contributed by atoms with Gasteiger partial charge in [0, 0.05) is 25.3 Å². The lowest BCUT2D eigenvalue weighted by Gasteiger charge is -2.33. The molecule has 2 aliphatic carbocycles. The molecule has 0 aliphatic heterocycles. The Labute approximate surface area is 164 Å². The quantitative estimate of drug-likeness (QED) is 0.508. The Kier molecular flexibility index (Phi) is 6.25. The van der Waals surface area contributed by atoms with Gasteiger partial charge < -0.3 is 24.8 Å². The molecule has 0 heterocycles. The first-order valence-electron chi connectivity index (χ1n) is 9.59. The molecular weight excluding hydrogens is 368 g/mol. The Morgan fingerprint density at radius 2 is 1.68 bits per heavy atom. The molecule has 0 bridgehead atoms. The van der Waals surface area contributed by atoms with Crippen LogP contribution in [-0.2, 0) is 28.6 Å². The van der Waals surface area contributed by atoms with Crippen LogP contribution < -0.4 is 10.6 Å². The number of alkyl carbamates (subject to hydrolysis) is 1. The van der Waals surface area contributed by atoms with Gasteiger partial charge in [0.2, 0.25) is 5.91 Å². The zero-order valence-electron chi connectivity index (χ0n) is 17.3. The number of amides is 2. The van der Waals surface area contributed by atoms with Gasteiger partial charge in [0.05, 0.1) is 19.1 Å². The molecule has 2 saturated carbocycles. The van der Waals surface area contributed by atoms with Crippen LogP contribution in [0.25, 0.3) is 0 Å². The van der Waals surface area contributed by atoms with Crippen molar-refractivity contribution in [3.63, 3.8) is 0 Å². The van der Waals surface area contributed by atoms with Gasteiger partial charge in [-0.1, -0.05) is 0 Å². The summed E-state index contributed by atoms with van der Waals surface area (Å²) in [7, 11) is 0. The Bertz CT molecular complexity index is 657. The molecule has 2 aliphatic rings. The summed E-state index contributed by atoms with van der Waals surface area (Å²) in [5, 5.41) is 5.45. The van der Waals surface area contributed by atoms with Crippen molar-refractivity contribution in [3.8, 4) is 0 Å². The van der Waals surface area contributed by atoms with Crippen LogP contribution in [0.4, 0.5) is 4.79 Å². The Hall–Kier alpha value is -2.32. The van der Waals surface area contributed by atoms with Crippen LogP contribution in [0.15, 0.2) is 0 Å². The maximum Gasteiger partial charge on any atom is 0.408 e. The van der Waals surface area contributed by atoms with Crippen LogP contribution in [0.1, 0.15) is 48.0 Å². The standard InChI is InChI=1S/C19H30N2O7/c1-7-26-15(23)13-12-11(20-10(3)22)9-19(14(12)13,16(24)27-8-2)21-17(25)28-18(4,5)6/h11-14H,7-9H2,1-6H3,(H,20,22)(H,21,25)/t11-,12+,13+,14+,19+/m1/s1. The molecule has 5 atom stereocenters. The molecule has 0 spiro atoms. The molecule has 9 heteroatoms. The van der Waals surface area contributed by atoms with Crippen LogP contribution in [0.3, 0.4) is 0 Å². The molecule has 9 nitrogen and oxygen atoms in total. The minimum absolute atomic E-state index is 0.114. The van der Waals surface area contributed by atoms with E-state index in [9.17, 15) is 19.2 Å². The zero-order valence-corrected chi connectivity index (χ0v) is 17.3. The molecular formula is C19H30N2O7. The summed E-state index contributed by atoms with van der Waals surface area (Å²) in [6.07, 6.45) is -0.659. The van der Waals surface area contributed by atoms with Gasteiger partial charge in [-0.25, -0.2) is 9.59 Å². The van der Waals surface area contributed by atoms with Crippen molar-refractivity contribution in [2.45, 2.75) is 65.1 Å². The average Bonchev–Trinajstić information content (AvgIpc) is 3.20. The molecule has 2 rings (SSSR count). The summed E-state index contributed by atoms with van der Waals surface area (Å²) in [5.74, 6) is -2.83. The van der Waals surface area contributed by atoms with Gasteiger partial charge in [-0.3, -0.25) is 9.59 Å². The highest BCUT2D eigenvalue weighted by molar-refractivity contribution is 5.91. The third-order valence-corrected chi connectivity index (χ3v) is 4.96. The van der Waals surface area contributed by atoms with Gasteiger partial charge in [-0.2, -0.15) is 0 Å². The highest BCUT2D eigenvalue weighted by Crippen LogP contribution is 2.63. The lowest BCUT2D eigenvalue weighted by atomic mass is 9.88. The second-order valence-corrected chi connectivity index (χ2v) is 8.21. The Morgan fingerprint density at radius 1 is 1.07 bits per heavy atom. The van der Waals surface area contributed by atoms with Crippen molar-refractivity contribution in [1.82, 2.24) is 10.6 Å². The summed E-state index contributed by atoms with van der Waals surface area (Å²) < 4.78 is 15.7. The minimum atomic E-state index is -1.46. The van der Waals surface area contributed by atoms with Gasteiger partial charge in [0.15, 0.2) is 0 Å². The summed E-state index contributed by atoms with van der Waals surface area (Å²) >= 11 is 0. The van der Waals surface area contributed by atoms with E-state index in [2.05, 4.69) is 10.6 Å². The Balaban J connectivity index is 2.36. The van der Waals surface area contributed by atoms with E-state index in [1.807, 2.05) is 0 Å². The summed E-state index contributed by atoms with van der Waals surface area (Å²) in [6, 6.07) is -0.462. The highest BCUT2D eigenvalue weighted by atomic mass is 16.6. The van der Waals surface area contributed by atoms with E-state index in [-0.39, 0.29) is 31.5 Å². The monoisotopic (exact) mass is 398 g/mol. The number of nitrogens with one attached hydrogen (secondary N) is 2. The summed E-state index contributed by atoms with van der Waals surface area (Å²) in [5.41, 5.74) is -2.23. The topological polar surface area (TPSA) is 120 Å². The predicted octanol–water partition coefficient (Wildman–Crippen LogP) is 1.15. The molecule has 0 aromatic carbocycles. The van der Waals surface area contributed by atoms with E-state index in [1.54, 1.807) is 34.6 Å². The molecule has 2 fully saturated rings. The van der Waals surface area contributed by atoms with E-state index in [0.29, 0.717) is 0 Å². The summed E-state index contributed by atoms with van der Waals surface area (Å²) in [6.45, 7) is 10.2. The number of rotatable bonds is 6. The van der Waals surface area contributed by atoms with Crippen molar-refractivity contribution < 1.29 is 33.4 Å². The number of esters is 2. The Morgan fingerprint density at radius 3 is 2.18 bits per heavy atom. The molecule has 0 aromatic heterocycles. The zero-order chi connectivity index (χ0) is 21.3. The van der Waals surface area contributed by atoms with Gasteiger partial charge in [0.1, 0.15) is 11.1 Å². The fourth-order valence-electron chi connectivity index (χ4n) is 4.19. The molecule has 158 valence electrons. The normalized spacial score (nSPS) is 30.6. The minimum Gasteiger partial charge on any atom is -0.466 e. The van der Waals surface area contributed by atoms with Gasteiger partial charge in [-0.15, -0.1) is 0 Å². The molecule has 2 N–H and O–H groups in total. The van der Waals surface area contributed by atoms with E-state index in [0.717, 1.165) is 0 Å². The van der Waals surface area contributed by atoms with Crippen molar-refractivity contribution >= 4 is 23.9 Å². The third kappa shape index (κ3) is 4.39. The number of carbonyl (C=O) groups is 4. The lowest BCUT2D eigenvalue weighted by Crippen LogP contribution is -2.59. The molecule has 28 heavy (non-hydrogen) atoms. The first kappa shape index (κ1) is 22.0. The molecule has 0 radical (unpaired) electrons. The van der Waals surface area contributed by atoms with Crippen LogP contribution in [0.2, 0.25) is 0 Å². The fraction of sp³-hybridized carbons (Fsp3) is 0.789. The smallest absolute Gasteiger partial charge is 0.408 e. The molecule has 2 amide bonds.